The van der Waals surface area contributed by atoms with E-state index in [1.54, 1.807) is 24.7 Å². The van der Waals surface area contributed by atoms with Crippen molar-refractivity contribution in [1.82, 2.24) is 9.97 Å². The van der Waals surface area contributed by atoms with Crippen molar-refractivity contribution in [3.8, 4) is 0 Å². The summed E-state index contributed by atoms with van der Waals surface area (Å²) in [6, 6.07) is 7.74. The molecule has 1 aliphatic heterocycles. The van der Waals surface area contributed by atoms with Crippen LogP contribution in [0.5, 0.6) is 0 Å². The van der Waals surface area contributed by atoms with Gasteiger partial charge in [-0.15, -0.1) is 0 Å². The Morgan fingerprint density at radius 1 is 1.40 bits per heavy atom. The molecule has 0 bridgehead atoms. The predicted octanol–water partition coefficient (Wildman–Crippen LogP) is 2.75. The lowest BCUT2D eigenvalue weighted by atomic mass is 10.1. The molecule has 6 heteroatoms. The van der Waals surface area contributed by atoms with Gasteiger partial charge in [-0.2, -0.15) is 0 Å². The zero-order chi connectivity index (χ0) is 17.6. The van der Waals surface area contributed by atoms with Crippen molar-refractivity contribution < 1.29 is 0 Å². The van der Waals surface area contributed by atoms with Gasteiger partial charge in [0, 0.05) is 42.9 Å². The fourth-order valence-corrected chi connectivity index (χ4v) is 2.87. The SMILES string of the molecule is C[C@H]1CCN(c2ccc(/C(N)=C/C(=N)CNc3cccnc3)cn2)C1. The van der Waals surface area contributed by atoms with E-state index in [4.69, 9.17) is 11.1 Å². The highest BCUT2D eigenvalue weighted by Gasteiger charge is 2.19. The molecule has 0 radical (unpaired) electrons. The number of nitrogens with one attached hydrogen (secondary N) is 2. The summed E-state index contributed by atoms with van der Waals surface area (Å²) in [7, 11) is 0. The van der Waals surface area contributed by atoms with Crippen LogP contribution in [0.15, 0.2) is 48.9 Å². The second-order valence-corrected chi connectivity index (χ2v) is 6.47. The van der Waals surface area contributed by atoms with Gasteiger partial charge in [-0.3, -0.25) is 4.98 Å². The minimum Gasteiger partial charge on any atom is -0.398 e. The average molecular weight is 336 g/mol. The molecule has 2 aromatic rings. The average Bonchev–Trinajstić information content (AvgIpc) is 3.07. The first-order valence-corrected chi connectivity index (χ1v) is 8.51. The summed E-state index contributed by atoms with van der Waals surface area (Å²) in [4.78, 5) is 10.9. The molecule has 25 heavy (non-hydrogen) atoms. The molecule has 4 N–H and O–H groups in total. The zero-order valence-corrected chi connectivity index (χ0v) is 14.4. The maximum Gasteiger partial charge on any atom is 0.128 e. The molecule has 3 rings (SSSR count). The van der Waals surface area contributed by atoms with E-state index in [0.29, 0.717) is 18.0 Å². The maximum absolute atomic E-state index is 8.05. The van der Waals surface area contributed by atoms with Crippen molar-refractivity contribution in [3.05, 3.63) is 54.5 Å². The zero-order valence-electron chi connectivity index (χ0n) is 14.4. The van der Waals surface area contributed by atoms with Crippen LogP contribution in [-0.2, 0) is 0 Å². The van der Waals surface area contributed by atoms with Gasteiger partial charge in [0.15, 0.2) is 0 Å². The van der Waals surface area contributed by atoms with Gasteiger partial charge in [-0.1, -0.05) is 6.92 Å². The van der Waals surface area contributed by atoms with Crippen LogP contribution in [0, 0.1) is 11.3 Å². The Labute approximate surface area is 148 Å². The first-order valence-electron chi connectivity index (χ1n) is 8.51. The van der Waals surface area contributed by atoms with E-state index in [1.807, 2.05) is 24.3 Å². The Morgan fingerprint density at radius 3 is 2.92 bits per heavy atom. The van der Waals surface area contributed by atoms with Gasteiger partial charge >= 0.3 is 0 Å². The van der Waals surface area contributed by atoms with Crippen molar-refractivity contribution in [2.24, 2.45) is 11.7 Å². The second-order valence-electron chi connectivity index (χ2n) is 6.47. The van der Waals surface area contributed by atoms with Gasteiger partial charge in [0.2, 0.25) is 0 Å². The van der Waals surface area contributed by atoms with Crippen molar-refractivity contribution in [2.45, 2.75) is 13.3 Å². The number of nitrogens with two attached hydrogens (primary N) is 1. The van der Waals surface area contributed by atoms with Gasteiger partial charge in [0.05, 0.1) is 17.9 Å². The molecule has 0 spiro atoms. The van der Waals surface area contributed by atoms with Crippen LogP contribution in [-0.4, -0.2) is 35.3 Å². The summed E-state index contributed by atoms with van der Waals surface area (Å²) in [5.74, 6) is 1.72. The summed E-state index contributed by atoms with van der Waals surface area (Å²) in [6.07, 6.45) is 8.10. The lowest BCUT2D eigenvalue weighted by Gasteiger charge is -2.17. The van der Waals surface area contributed by atoms with Gasteiger partial charge in [0.25, 0.3) is 0 Å². The highest BCUT2D eigenvalue weighted by atomic mass is 15.2. The molecule has 3 heterocycles. The molecule has 1 aliphatic rings. The van der Waals surface area contributed by atoms with Crippen molar-refractivity contribution >= 4 is 22.9 Å². The van der Waals surface area contributed by atoms with Crippen molar-refractivity contribution in [2.75, 3.05) is 29.9 Å². The summed E-state index contributed by atoms with van der Waals surface area (Å²) in [5, 5.41) is 11.2. The number of anilines is 2. The Kier molecular flexibility index (Phi) is 5.28. The van der Waals surface area contributed by atoms with Crippen LogP contribution in [0.25, 0.3) is 5.70 Å². The highest BCUT2D eigenvalue weighted by Crippen LogP contribution is 2.22. The van der Waals surface area contributed by atoms with E-state index >= 15 is 0 Å². The van der Waals surface area contributed by atoms with E-state index in [1.165, 1.54) is 6.42 Å². The fraction of sp³-hybridized carbons (Fsp3) is 0.316. The van der Waals surface area contributed by atoms with Gasteiger partial charge in [-0.25, -0.2) is 4.98 Å². The van der Waals surface area contributed by atoms with E-state index in [9.17, 15) is 0 Å². The minimum absolute atomic E-state index is 0.392. The summed E-state index contributed by atoms with van der Waals surface area (Å²) >= 11 is 0. The molecule has 1 saturated heterocycles. The van der Waals surface area contributed by atoms with E-state index < -0.39 is 0 Å². The fourth-order valence-electron chi connectivity index (χ4n) is 2.87. The number of nitrogens with zero attached hydrogens (tertiary/aromatic N) is 3. The smallest absolute Gasteiger partial charge is 0.128 e. The van der Waals surface area contributed by atoms with Crippen molar-refractivity contribution in [1.29, 1.82) is 5.41 Å². The van der Waals surface area contributed by atoms with Gasteiger partial charge in [-0.05, 0) is 42.7 Å². The van der Waals surface area contributed by atoms with Crippen LogP contribution in [0.4, 0.5) is 11.5 Å². The molecule has 0 aromatic carbocycles. The lowest BCUT2D eigenvalue weighted by molar-refractivity contribution is 0.659. The van der Waals surface area contributed by atoms with Crippen LogP contribution in [0.1, 0.15) is 18.9 Å². The van der Waals surface area contributed by atoms with Crippen LogP contribution in [0.2, 0.25) is 0 Å². The Balaban J connectivity index is 1.58. The second kappa shape index (κ2) is 7.79. The maximum atomic E-state index is 8.05. The summed E-state index contributed by atoms with van der Waals surface area (Å²) < 4.78 is 0. The van der Waals surface area contributed by atoms with Crippen LogP contribution >= 0.6 is 0 Å². The number of hydrogen-bond acceptors (Lipinski definition) is 6. The first-order chi connectivity index (χ1) is 12.1. The van der Waals surface area contributed by atoms with Crippen LogP contribution in [0.3, 0.4) is 0 Å². The van der Waals surface area contributed by atoms with E-state index in [2.05, 4.69) is 27.1 Å². The number of hydrogen-bond donors (Lipinski definition) is 3. The monoisotopic (exact) mass is 336 g/mol. The Bertz CT molecular complexity index is 738. The third-order valence-electron chi connectivity index (χ3n) is 4.30. The third kappa shape index (κ3) is 4.56. The lowest BCUT2D eigenvalue weighted by Crippen LogP contribution is -2.20. The standard InChI is InChI=1S/C19H24N6/c1-14-6-8-25(13-14)19-5-4-15(10-24-19)18(21)9-16(20)11-23-17-3-2-7-22-12-17/h2-5,7,9-10,12,14,20,23H,6,8,11,13,21H2,1H3/b18-9-,20-16?/t14-/m0/s1. The molecule has 1 atom stereocenters. The van der Waals surface area contributed by atoms with E-state index in [-0.39, 0.29) is 0 Å². The molecular formula is C19H24N6. The number of aromatic nitrogens is 2. The van der Waals surface area contributed by atoms with Gasteiger partial charge in [0.1, 0.15) is 5.82 Å². The molecule has 2 aromatic heterocycles. The highest BCUT2D eigenvalue weighted by molar-refractivity contribution is 6.00. The molecule has 0 amide bonds. The molecule has 0 aliphatic carbocycles. The Hall–Kier alpha value is -2.89. The van der Waals surface area contributed by atoms with E-state index in [0.717, 1.165) is 36.1 Å². The number of rotatable bonds is 6. The minimum atomic E-state index is 0.392. The summed E-state index contributed by atoms with van der Waals surface area (Å²) in [6.45, 7) is 4.77. The third-order valence-corrected chi connectivity index (χ3v) is 4.30. The molecular weight excluding hydrogens is 312 g/mol. The molecule has 1 fully saturated rings. The predicted molar refractivity (Wildman–Crippen MR) is 103 cm³/mol. The van der Waals surface area contributed by atoms with Crippen LogP contribution < -0.4 is 16.0 Å². The summed E-state index contributed by atoms with van der Waals surface area (Å²) in [5.41, 5.74) is 8.78. The molecule has 0 saturated carbocycles. The van der Waals surface area contributed by atoms with Gasteiger partial charge < -0.3 is 21.4 Å². The molecule has 0 unspecified atom stereocenters. The quantitative estimate of drug-likeness (QED) is 0.706. The van der Waals surface area contributed by atoms with Crippen molar-refractivity contribution in [3.63, 3.8) is 0 Å². The number of pyridine rings is 2. The normalized spacial score (nSPS) is 17.6. The largest absolute Gasteiger partial charge is 0.398 e. The first kappa shape index (κ1) is 17.0. The molecule has 130 valence electrons. The topological polar surface area (TPSA) is 90.9 Å². The Morgan fingerprint density at radius 2 is 2.28 bits per heavy atom. The molecule has 6 nitrogen and oxygen atoms in total.